The van der Waals surface area contributed by atoms with Gasteiger partial charge in [0.2, 0.25) is 5.91 Å². The number of benzene rings is 2. The molecule has 1 heterocycles. The summed E-state index contributed by atoms with van der Waals surface area (Å²) in [6.07, 6.45) is 4.75. The average Bonchev–Trinajstić information content (AvgIpc) is 3.07. The van der Waals surface area contributed by atoms with Crippen molar-refractivity contribution >= 4 is 26.6 Å². The molecule has 1 aromatic heterocycles. The van der Waals surface area contributed by atoms with Crippen molar-refractivity contribution in [2.24, 2.45) is 11.3 Å². The normalized spacial score (nSPS) is 20.6. The minimum Gasteiger partial charge on any atom is -0.352 e. The van der Waals surface area contributed by atoms with Gasteiger partial charge in [-0.05, 0) is 54.7 Å². The second kappa shape index (κ2) is 8.98. The Morgan fingerprint density at radius 1 is 1.09 bits per heavy atom. The lowest BCUT2D eigenvalue weighted by Crippen LogP contribution is -2.44. The van der Waals surface area contributed by atoms with E-state index in [9.17, 15) is 13.2 Å². The van der Waals surface area contributed by atoms with Crippen LogP contribution in [0, 0.1) is 18.3 Å². The highest BCUT2D eigenvalue weighted by Crippen LogP contribution is 2.38. The van der Waals surface area contributed by atoms with Gasteiger partial charge in [0, 0.05) is 23.1 Å². The zero-order chi connectivity index (χ0) is 23.8. The van der Waals surface area contributed by atoms with E-state index < -0.39 is 9.84 Å². The van der Waals surface area contributed by atoms with E-state index >= 15 is 0 Å². The third-order valence-electron chi connectivity index (χ3n) is 6.76. The first-order chi connectivity index (χ1) is 15.5. The van der Waals surface area contributed by atoms with Crippen molar-refractivity contribution in [3.05, 3.63) is 65.9 Å². The monoisotopic (exact) mass is 466 g/mol. The lowest BCUT2D eigenvalue weighted by atomic mass is 9.70. The minimum absolute atomic E-state index is 0.0606. The Hall–Kier alpha value is -2.60. The van der Waals surface area contributed by atoms with Crippen molar-refractivity contribution in [1.29, 1.82) is 0 Å². The number of carbonyl (C=O) groups excluding carboxylic acids is 1. The van der Waals surface area contributed by atoms with E-state index in [0.29, 0.717) is 11.3 Å². The Morgan fingerprint density at radius 2 is 1.79 bits per heavy atom. The maximum absolute atomic E-state index is 13.4. The van der Waals surface area contributed by atoms with Gasteiger partial charge in [-0.15, -0.1) is 0 Å². The molecule has 1 saturated carbocycles. The van der Waals surface area contributed by atoms with Crippen LogP contribution in [0.5, 0.6) is 0 Å². The molecule has 0 spiro atoms. The molecule has 1 amide bonds. The molecule has 3 aromatic rings. The lowest BCUT2D eigenvalue weighted by molar-refractivity contribution is -0.122. The lowest BCUT2D eigenvalue weighted by Gasteiger charge is -2.39. The number of nitrogens with one attached hydrogen (secondary N) is 1. The van der Waals surface area contributed by atoms with Gasteiger partial charge in [-0.1, -0.05) is 63.2 Å². The van der Waals surface area contributed by atoms with Crippen molar-refractivity contribution in [3.63, 3.8) is 0 Å². The number of amides is 1. The van der Waals surface area contributed by atoms with Crippen molar-refractivity contribution < 1.29 is 13.2 Å². The van der Waals surface area contributed by atoms with Crippen molar-refractivity contribution in [2.45, 2.75) is 70.2 Å². The molecule has 0 radical (unpaired) electrons. The van der Waals surface area contributed by atoms with Crippen LogP contribution in [0.3, 0.4) is 0 Å². The second-order valence-corrected chi connectivity index (χ2v) is 12.5. The highest BCUT2D eigenvalue weighted by molar-refractivity contribution is 7.90. The van der Waals surface area contributed by atoms with E-state index in [1.54, 1.807) is 10.8 Å². The maximum Gasteiger partial charge on any atom is 0.240 e. The summed E-state index contributed by atoms with van der Waals surface area (Å²) in [4.78, 5) is 13.2. The fraction of sp³-hybridized carbons (Fsp3) is 0.444. The zero-order valence-corrected chi connectivity index (χ0v) is 20.8. The molecule has 4 rings (SSSR count). The summed E-state index contributed by atoms with van der Waals surface area (Å²) in [6.45, 7) is 8.78. The average molecular weight is 467 g/mol. The van der Waals surface area contributed by atoms with E-state index in [1.807, 2.05) is 55.5 Å². The molecule has 176 valence electrons. The van der Waals surface area contributed by atoms with Gasteiger partial charge in [0.1, 0.15) is 6.54 Å². The van der Waals surface area contributed by atoms with Crippen LogP contribution >= 0.6 is 0 Å². The van der Waals surface area contributed by atoms with E-state index in [-0.39, 0.29) is 34.6 Å². The molecule has 5 nitrogen and oxygen atoms in total. The molecule has 33 heavy (non-hydrogen) atoms. The molecule has 0 bridgehead atoms. The Kier molecular flexibility index (Phi) is 6.41. The van der Waals surface area contributed by atoms with Gasteiger partial charge in [0.15, 0.2) is 9.84 Å². The molecule has 1 N–H and O–H groups in total. The van der Waals surface area contributed by atoms with Gasteiger partial charge < -0.3 is 9.88 Å². The maximum atomic E-state index is 13.4. The first-order valence-electron chi connectivity index (χ1n) is 11.7. The Balaban J connectivity index is 1.58. The van der Waals surface area contributed by atoms with Crippen LogP contribution in [0.4, 0.5) is 0 Å². The van der Waals surface area contributed by atoms with Gasteiger partial charge in [0.05, 0.1) is 10.6 Å². The van der Waals surface area contributed by atoms with Crippen LogP contribution < -0.4 is 5.32 Å². The van der Waals surface area contributed by atoms with Crippen LogP contribution in [0.2, 0.25) is 0 Å². The fourth-order valence-electron chi connectivity index (χ4n) is 5.53. The molecule has 2 unspecified atom stereocenters. The van der Waals surface area contributed by atoms with Crippen molar-refractivity contribution in [2.75, 3.05) is 0 Å². The molecule has 0 aliphatic heterocycles. The summed E-state index contributed by atoms with van der Waals surface area (Å²) < 4.78 is 28.5. The summed E-state index contributed by atoms with van der Waals surface area (Å²) in [5, 5.41) is 3.86. The molecule has 6 heteroatoms. The van der Waals surface area contributed by atoms with Crippen LogP contribution in [0.1, 0.15) is 51.2 Å². The quantitative estimate of drug-likeness (QED) is 0.539. The number of aromatic nitrogens is 1. The van der Waals surface area contributed by atoms with Crippen LogP contribution in [-0.4, -0.2) is 24.9 Å². The summed E-state index contributed by atoms with van der Waals surface area (Å²) in [6, 6.07) is 15.1. The van der Waals surface area contributed by atoms with E-state index in [0.717, 1.165) is 29.5 Å². The van der Waals surface area contributed by atoms with Crippen LogP contribution in [0.15, 0.2) is 59.6 Å². The number of aryl methyl sites for hydroxylation is 1. The number of carbonyl (C=O) groups is 1. The molecule has 2 aromatic carbocycles. The second-order valence-electron chi connectivity index (χ2n) is 10.5. The Labute approximate surface area is 197 Å². The SMILES string of the molecule is Cc1ccccc1CS(=O)(=O)c1cn(CC(=O)NC2CC(C)CC(C)(C)C2)c2ccccc12. The molecule has 0 saturated heterocycles. The van der Waals surface area contributed by atoms with E-state index in [2.05, 4.69) is 26.1 Å². The molecule has 1 aliphatic carbocycles. The standard InChI is InChI=1S/C27H34N2O3S/c1-19-13-22(15-27(3,4)14-19)28-26(30)17-29-16-25(23-11-7-8-12-24(23)29)33(31,32)18-21-10-6-5-9-20(21)2/h5-12,16,19,22H,13-15,17-18H2,1-4H3,(H,28,30). The van der Waals surface area contributed by atoms with Crippen molar-refractivity contribution in [1.82, 2.24) is 9.88 Å². The van der Waals surface area contributed by atoms with E-state index in [1.165, 1.54) is 6.42 Å². The van der Waals surface area contributed by atoms with Crippen LogP contribution in [-0.2, 0) is 26.9 Å². The number of hydrogen-bond donors (Lipinski definition) is 1. The third kappa shape index (κ3) is 5.32. The minimum atomic E-state index is -3.58. The number of hydrogen-bond acceptors (Lipinski definition) is 3. The van der Waals surface area contributed by atoms with E-state index in [4.69, 9.17) is 0 Å². The number of rotatable bonds is 6. The van der Waals surface area contributed by atoms with Crippen molar-refractivity contribution in [3.8, 4) is 0 Å². The predicted molar refractivity (Wildman–Crippen MR) is 133 cm³/mol. The van der Waals surface area contributed by atoms with Gasteiger partial charge >= 0.3 is 0 Å². The molecular weight excluding hydrogens is 432 g/mol. The number of sulfone groups is 1. The number of fused-ring (bicyclic) bond motifs is 1. The highest BCUT2D eigenvalue weighted by atomic mass is 32.2. The van der Waals surface area contributed by atoms with Gasteiger partial charge in [0.25, 0.3) is 0 Å². The Bertz CT molecular complexity index is 1270. The molecule has 1 fully saturated rings. The van der Waals surface area contributed by atoms with Crippen LogP contribution in [0.25, 0.3) is 10.9 Å². The summed E-state index contributed by atoms with van der Waals surface area (Å²) in [5.74, 6) is 0.438. The van der Waals surface area contributed by atoms with Gasteiger partial charge in [-0.25, -0.2) is 8.42 Å². The Morgan fingerprint density at radius 3 is 2.52 bits per heavy atom. The number of para-hydroxylation sites is 1. The third-order valence-corrected chi connectivity index (χ3v) is 8.45. The van der Waals surface area contributed by atoms with Gasteiger partial charge in [-0.3, -0.25) is 4.79 Å². The summed E-state index contributed by atoms with van der Waals surface area (Å²) >= 11 is 0. The largest absolute Gasteiger partial charge is 0.352 e. The molecule has 2 atom stereocenters. The topological polar surface area (TPSA) is 68.2 Å². The summed E-state index contributed by atoms with van der Waals surface area (Å²) in [5.41, 5.74) is 2.72. The highest BCUT2D eigenvalue weighted by Gasteiger charge is 2.33. The number of nitrogens with zero attached hydrogens (tertiary/aromatic N) is 1. The predicted octanol–water partition coefficient (Wildman–Crippen LogP) is 5.25. The molecular formula is C27H34N2O3S. The first kappa shape index (κ1) is 23.6. The smallest absolute Gasteiger partial charge is 0.240 e. The fourth-order valence-corrected chi connectivity index (χ4v) is 7.21. The zero-order valence-electron chi connectivity index (χ0n) is 20.0. The molecule has 1 aliphatic rings. The van der Waals surface area contributed by atoms with Gasteiger partial charge in [-0.2, -0.15) is 0 Å². The summed E-state index contributed by atoms with van der Waals surface area (Å²) in [7, 11) is -3.58. The first-order valence-corrected chi connectivity index (χ1v) is 13.3.